The lowest BCUT2D eigenvalue weighted by Gasteiger charge is -2.42. The van der Waals surface area contributed by atoms with Crippen LogP contribution in [0.1, 0.15) is 26.2 Å². The number of nitrogens with one attached hydrogen (secondary N) is 1. The molecule has 4 aliphatic heterocycles. The Kier molecular flexibility index (Phi) is 5.12. The summed E-state index contributed by atoms with van der Waals surface area (Å²) in [6.07, 6.45) is 4.40. The highest BCUT2D eigenvalue weighted by molar-refractivity contribution is 5.82. The largest absolute Gasteiger partial charge is 0.350 e. The van der Waals surface area contributed by atoms with Crippen LogP contribution < -0.4 is 10.2 Å². The van der Waals surface area contributed by atoms with E-state index in [0.717, 1.165) is 45.1 Å². The van der Waals surface area contributed by atoms with Crippen molar-refractivity contribution >= 4 is 11.9 Å². The summed E-state index contributed by atoms with van der Waals surface area (Å²) >= 11 is 0. The van der Waals surface area contributed by atoms with Crippen LogP contribution in [0.4, 0.5) is 14.7 Å². The number of aromatic nitrogens is 2. The molecule has 0 saturated carbocycles. The van der Waals surface area contributed by atoms with Crippen LogP contribution in [-0.4, -0.2) is 59.0 Å². The highest BCUT2D eigenvalue weighted by Crippen LogP contribution is 2.36. The van der Waals surface area contributed by atoms with Gasteiger partial charge in [-0.2, -0.15) is 0 Å². The maximum atomic E-state index is 14.3. The Morgan fingerprint density at radius 1 is 1.13 bits per heavy atom. The van der Waals surface area contributed by atoms with Crippen molar-refractivity contribution in [2.24, 2.45) is 11.8 Å². The number of fused-ring (bicyclic) bond motifs is 4. The SMILES string of the molecule is CC1(NC(=O)C2CN(c3ncc(F)c(-c4ccc(F)cc4)n3)C2)CCN2CCC1CC2. The predicted molar refractivity (Wildman–Crippen MR) is 113 cm³/mol. The second-order valence-electron chi connectivity index (χ2n) is 9.25. The minimum absolute atomic E-state index is 0.0833. The average Bonchev–Trinajstić information content (AvgIpc) is 2.97. The summed E-state index contributed by atoms with van der Waals surface area (Å²) in [5.74, 6) is -0.0674. The molecule has 4 saturated heterocycles. The maximum absolute atomic E-state index is 14.3. The van der Waals surface area contributed by atoms with Crippen molar-refractivity contribution < 1.29 is 13.6 Å². The summed E-state index contributed by atoms with van der Waals surface area (Å²) in [5, 5.41) is 3.36. The Morgan fingerprint density at radius 2 is 1.84 bits per heavy atom. The van der Waals surface area contributed by atoms with Crippen LogP contribution in [-0.2, 0) is 4.79 Å². The number of carbonyl (C=O) groups excluding carboxylic acids is 1. The zero-order chi connectivity index (χ0) is 21.6. The summed E-state index contributed by atoms with van der Waals surface area (Å²) in [4.78, 5) is 25.8. The molecule has 4 aliphatic rings. The normalized spacial score (nSPS) is 28.2. The first kappa shape index (κ1) is 20.3. The van der Waals surface area contributed by atoms with Gasteiger partial charge < -0.3 is 15.1 Å². The van der Waals surface area contributed by atoms with Gasteiger partial charge in [-0.3, -0.25) is 4.79 Å². The molecule has 164 valence electrons. The molecule has 4 fully saturated rings. The summed E-state index contributed by atoms with van der Waals surface area (Å²) < 4.78 is 27.4. The standard InChI is InChI=1S/C23H27F2N5O/c1-23(8-11-29-9-6-17(23)7-10-29)28-21(31)16-13-30(14-16)22-26-12-19(25)20(27-22)15-2-4-18(24)5-3-15/h2-5,12,16-17H,6-11,13-14H2,1H3,(H,28,31). The maximum Gasteiger partial charge on any atom is 0.227 e. The summed E-state index contributed by atoms with van der Waals surface area (Å²) in [5.41, 5.74) is 0.476. The monoisotopic (exact) mass is 427 g/mol. The minimum Gasteiger partial charge on any atom is -0.350 e. The molecule has 1 N–H and O–H groups in total. The third-order valence-electron chi connectivity index (χ3n) is 7.23. The Morgan fingerprint density at radius 3 is 2.55 bits per heavy atom. The van der Waals surface area contributed by atoms with Crippen LogP contribution in [0.25, 0.3) is 11.3 Å². The first-order chi connectivity index (χ1) is 14.9. The molecule has 2 aromatic rings. The summed E-state index contributed by atoms with van der Waals surface area (Å²) in [6, 6.07) is 5.54. The van der Waals surface area contributed by atoms with Gasteiger partial charge in [0.15, 0.2) is 5.82 Å². The molecule has 6 nitrogen and oxygen atoms in total. The zero-order valence-corrected chi connectivity index (χ0v) is 17.7. The Hall–Kier alpha value is -2.61. The number of carbonyl (C=O) groups is 1. The number of halogens is 2. The lowest BCUT2D eigenvalue weighted by Crippen LogP contribution is -2.60. The Balaban J connectivity index is 1.24. The van der Waals surface area contributed by atoms with Gasteiger partial charge in [0.25, 0.3) is 0 Å². The lowest BCUT2D eigenvalue weighted by molar-refractivity contribution is -0.128. The first-order valence-corrected chi connectivity index (χ1v) is 11.0. The fourth-order valence-electron chi connectivity index (χ4n) is 5.06. The van der Waals surface area contributed by atoms with E-state index in [0.29, 0.717) is 30.5 Å². The van der Waals surface area contributed by atoms with Crippen molar-refractivity contribution in [3.63, 3.8) is 0 Å². The minimum atomic E-state index is -0.558. The fourth-order valence-corrected chi connectivity index (χ4v) is 5.06. The molecule has 1 unspecified atom stereocenters. The molecule has 8 heteroatoms. The van der Waals surface area contributed by atoms with E-state index in [1.165, 1.54) is 24.3 Å². The van der Waals surface area contributed by atoms with Crippen molar-refractivity contribution in [3.8, 4) is 11.3 Å². The molecule has 1 aromatic heterocycles. The van der Waals surface area contributed by atoms with Crippen LogP contribution in [0, 0.1) is 23.5 Å². The molecule has 6 rings (SSSR count). The quantitative estimate of drug-likeness (QED) is 0.813. The third kappa shape index (κ3) is 3.89. The van der Waals surface area contributed by atoms with Crippen LogP contribution in [0.15, 0.2) is 30.5 Å². The molecule has 31 heavy (non-hydrogen) atoms. The third-order valence-corrected chi connectivity index (χ3v) is 7.23. The molecular formula is C23H27F2N5O. The van der Waals surface area contributed by atoms with Gasteiger partial charge in [-0.1, -0.05) is 0 Å². The van der Waals surface area contributed by atoms with E-state index in [4.69, 9.17) is 0 Å². The highest BCUT2D eigenvalue weighted by Gasteiger charge is 2.43. The van der Waals surface area contributed by atoms with Crippen LogP contribution in [0.5, 0.6) is 0 Å². The number of benzene rings is 1. The molecule has 5 heterocycles. The molecular weight excluding hydrogens is 400 g/mol. The number of rotatable bonds is 4. The van der Waals surface area contributed by atoms with Gasteiger partial charge in [-0.15, -0.1) is 0 Å². The van der Waals surface area contributed by atoms with E-state index in [1.54, 1.807) is 0 Å². The van der Waals surface area contributed by atoms with Gasteiger partial charge in [0.2, 0.25) is 11.9 Å². The van der Waals surface area contributed by atoms with E-state index in [-0.39, 0.29) is 28.9 Å². The number of nitrogens with zero attached hydrogens (tertiary/aromatic N) is 4. The smallest absolute Gasteiger partial charge is 0.227 e. The average molecular weight is 427 g/mol. The second-order valence-corrected chi connectivity index (χ2v) is 9.25. The Bertz CT molecular complexity index is 970. The van der Waals surface area contributed by atoms with Gasteiger partial charge in [-0.25, -0.2) is 18.7 Å². The van der Waals surface area contributed by atoms with Crippen molar-refractivity contribution in [2.45, 2.75) is 31.7 Å². The van der Waals surface area contributed by atoms with E-state index < -0.39 is 5.82 Å². The molecule has 1 aromatic carbocycles. The molecule has 1 atom stereocenters. The first-order valence-electron chi connectivity index (χ1n) is 11.0. The van der Waals surface area contributed by atoms with Crippen LogP contribution in [0.3, 0.4) is 0 Å². The predicted octanol–water partition coefficient (Wildman–Crippen LogP) is 2.85. The van der Waals surface area contributed by atoms with Crippen molar-refractivity contribution in [3.05, 3.63) is 42.1 Å². The fraction of sp³-hybridized carbons (Fsp3) is 0.522. The lowest BCUT2D eigenvalue weighted by atomic mass is 9.78. The molecule has 0 radical (unpaired) electrons. The summed E-state index contributed by atoms with van der Waals surface area (Å²) in [6.45, 7) is 6.51. The molecule has 2 bridgehead atoms. The van der Waals surface area contributed by atoms with Crippen molar-refractivity contribution in [1.82, 2.24) is 20.2 Å². The van der Waals surface area contributed by atoms with Gasteiger partial charge in [-0.05, 0) is 69.5 Å². The number of anilines is 1. The van der Waals surface area contributed by atoms with Crippen LogP contribution in [0.2, 0.25) is 0 Å². The number of hydrogen-bond acceptors (Lipinski definition) is 5. The number of hydrogen-bond donors (Lipinski definition) is 1. The topological polar surface area (TPSA) is 61.4 Å². The molecule has 1 amide bonds. The van der Waals surface area contributed by atoms with E-state index >= 15 is 0 Å². The van der Waals surface area contributed by atoms with Crippen LogP contribution >= 0.6 is 0 Å². The zero-order valence-electron chi connectivity index (χ0n) is 17.7. The van der Waals surface area contributed by atoms with Gasteiger partial charge in [0.05, 0.1) is 12.1 Å². The Labute approximate surface area is 180 Å². The molecule has 0 spiro atoms. The van der Waals surface area contributed by atoms with E-state index in [9.17, 15) is 13.6 Å². The molecule has 0 aliphatic carbocycles. The van der Waals surface area contributed by atoms with E-state index in [1.807, 2.05) is 4.90 Å². The van der Waals surface area contributed by atoms with Crippen molar-refractivity contribution in [2.75, 3.05) is 37.6 Å². The number of amides is 1. The van der Waals surface area contributed by atoms with Gasteiger partial charge in [0, 0.05) is 30.7 Å². The highest BCUT2D eigenvalue weighted by atomic mass is 19.1. The summed E-state index contributed by atoms with van der Waals surface area (Å²) in [7, 11) is 0. The van der Waals surface area contributed by atoms with Gasteiger partial charge in [0.1, 0.15) is 11.5 Å². The van der Waals surface area contributed by atoms with E-state index in [2.05, 4.69) is 27.1 Å². The van der Waals surface area contributed by atoms with Gasteiger partial charge >= 0.3 is 0 Å². The second kappa shape index (κ2) is 7.82. The van der Waals surface area contributed by atoms with Crippen molar-refractivity contribution in [1.29, 1.82) is 0 Å². The number of piperidine rings is 1.